The Morgan fingerprint density at radius 3 is 2.60 bits per heavy atom. The van der Waals surface area contributed by atoms with Gasteiger partial charge < -0.3 is 5.32 Å². The zero-order chi connectivity index (χ0) is 14.5. The summed E-state index contributed by atoms with van der Waals surface area (Å²) >= 11 is 4.29. The maximum Gasteiger partial charge on any atom is 0.237 e. The second kappa shape index (κ2) is 6.57. The number of carbonyl (C=O) groups excluding carboxylic acids is 1. The van der Waals surface area contributed by atoms with Crippen molar-refractivity contribution in [3.63, 3.8) is 0 Å². The van der Waals surface area contributed by atoms with Crippen LogP contribution in [-0.4, -0.2) is 11.2 Å². The summed E-state index contributed by atoms with van der Waals surface area (Å²) in [5.74, 6) is -0.737. The number of carbonyl (C=O) groups is 1. The van der Waals surface area contributed by atoms with E-state index in [0.29, 0.717) is 6.42 Å². The van der Waals surface area contributed by atoms with E-state index in [1.165, 1.54) is 6.07 Å². The van der Waals surface area contributed by atoms with Crippen LogP contribution in [0, 0.1) is 12.7 Å². The Balaban J connectivity index is 2.01. The number of thiol groups is 1. The van der Waals surface area contributed by atoms with Crippen LogP contribution in [0.5, 0.6) is 0 Å². The molecule has 0 saturated heterocycles. The van der Waals surface area contributed by atoms with Crippen molar-refractivity contribution in [1.29, 1.82) is 0 Å². The van der Waals surface area contributed by atoms with Crippen molar-refractivity contribution in [3.05, 3.63) is 65.5 Å². The van der Waals surface area contributed by atoms with Crippen molar-refractivity contribution in [2.45, 2.75) is 18.6 Å². The molecule has 0 heterocycles. The molecule has 0 aromatic heterocycles. The molecule has 0 spiro atoms. The number of benzene rings is 2. The van der Waals surface area contributed by atoms with Gasteiger partial charge in [0.05, 0.1) is 10.9 Å². The number of rotatable bonds is 4. The number of nitrogens with one attached hydrogen (secondary N) is 1. The molecule has 0 aliphatic rings. The van der Waals surface area contributed by atoms with Gasteiger partial charge in [0.2, 0.25) is 5.91 Å². The van der Waals surface area contributed by atoms with Gasteiger partial charge in [-0.05, 0) is 36.6 Å². The van der Waals surface area contributed by atoms with Crippen molar-refractivity contribution in [2.75, 3.05) is 5.32 Å². The molecule has 1 amide bonds. The zero-order valence-electron chi connectivity index (χ0n) is 11.1. The van der Waals surface area contributed by atoms with Gasteiger partial charge in [0.25, 0.3) is 0 Å². The number of hydrogen-bond acceptors (Lipinski definition) is 2. The van der Waals surface area contributed by atoms with Crippen LogP contribution in [0.4, 0.5) is 10.1 Å². The molecular weight excluding hydrogens is 273 g/mol. The Labute approximate surface area is 123 Å². The lowest BCUT2D eigenvalue weighted by Crippen LogP contribution is -2.25. The molecule has 0 bridgehead atoms. The van der Waals surface area contributed by atoms with Gasteiger partial charge in [-0.15, -0.1) is 0 Å². The van der Waals surface area contributed by atoms with E-state index in [0.717, 1.165) is 11.1 Å². The van der Waals surface area contributed by atoms with Crippen LogP contribution < -0.4 is 5.32 Å². The highest BCUT2D eigenvalue weighted by atomic mass is 32.1. The summed E-state index contributed by atoms with van der Waals surface area (Å²) in [5, 5.41) is 2.05. The van der Waals surface area contributed by atoms with Crippen LogP contribution in [0.15, 0.2) is 48.5 Å². The summed E-state index contributed by atoms with van der Waals surface area (Å²) in [5.41, 5.74) is 2.02. The van der Waals surface area contributed by atoms with Gasteiger partial charge >= 0.3 is 0 Å². The molecule has 2 nitrogen and oxygen atoms in total. The fourth-order valence-corrected chi connectivity index (χ4v) is 2.14. The summed E-state index contributed by atoms with van der Waals surface area (Å²) in [6.07, 6.45) is 0.503. The minimum absolute atomic E-state index is 0.188. The van der Waals surface area contributed by atoms with Crippen molar-refractivity contribution in [2.24, 2.45) is 0 Å². The van der Waals surface area contributed by atoms with Gasteiger partial charge in [-0.1, -0.05) is 36.4 Å². The predicted molar refractivity (Wildman–Crippen MR) is 82.7 cm³/mol. The Bertz CT molecular complexity index is 601. The van der Waals surface area contributed by atoms with E-state index >= 15 is 0 Å². The van der Waals surface area contributed by atoms with E-state index in [-0.39, 0.29) is 11.6 Å². The van der Waals surface area contributed by atoms with Gasteiger partial charge in [0.1, 0.15) is 5.82 Å². The fraction of sp³-hybridized carbons (Fsp3) is 0.188. The molecule has 0 saturated carbocycles. The Kier molecular flexibility index (Phi) is 4.79. The first-order valence-electron chi connectivity index (χ1n) is 6.35. The van der Waals surface area contributed by atoms with Crippen LogP contribution in [-0.2, 0) is 11.2 Å². The standard InChI is InChI=1S/C16H16FNOS/c1-11-7-8-14(13(17)9-11)18-16(19)15(20)10-12-5-3-2-4-6-12/h2-9,15,20H,10H2,1H3,(H,18,19). The predicted octanol–water partition coefficient (Wildman–Crippen LogP) is 3.61. The second-order valence-corrected chi connectivity index (χ2v) is 5.30. The minimum Gasteiger partial charge on any atom is -0.323 e. The summed E-state index contributed by atoms with van der Waals surface area (Å²) in [7, 11) is 0. The van der Waals surface area contributed by atoms with Gasteiger partial charge in [-0.2, -0.15) is 12.6 Å². The van der Waals surface area contributed by atoms with E-state index in [2.05, 4.69) is 17.9 Å². The zero-order valence-corrected chi connectivity index (χ0v) is 12.0. The maximum absolute atomic E-state index is 13.7. The maximum atomic E-state index is 13.7. The summed E-state index contributed by atoms with van der Waals surface area (Å²) < 4.78 is 13.7. The third-order valence-corrected chi connectivity index (χ3v) is 3.37. The van der Waals surface area contributed by atoms with Crippen molar-refractivity contribution >= 4 is 24.2 Å². The highest BCUT2D eigenvalue weighted by Gasteiger charge is 2.16. The Morgan fingerprint density at radius 1 is 1.25 bits per heavy atom. The summed E-state index contributed by atoms with van der Waals surface area (Å²) in [6.45, 7) is 1.80. The van der Waals surface area contributed by atoms with E-state index in [4.69, 9.17) is 0 Å². The van der Waals surface area contributed by atoms with Crippen LogP contribution in [0.25, 0.3) is 0 Å². The molecule has 0 fully saturated rings. The van der Waals surface area contributed by atoms with E-state index in [1.807, 2.05) is 30.3 Å². The number of aryl methyl sites for hydroxylation is 1. The summed E-state index contributed by atoms with van der Waals surface area (Å²) in [6, 6.07) is 14.3. The van der Waals surface area contributed by atoms with Gasteiger partial charge in [0, 0.05) is 0 Å². The lowest BCUT2D eigenvalue weighted by Gasteiger charge is -2.12. The molecule has 4 heteroatoms. The topological polar surface area (TPSA) is 29.1 Å². The van der Waals surface area contributed by atoms with Crippen molar-refractivity contribution in [3.8, 4) is 0 Å². The van der Waals surface area contributed by atoms with Gasteiger partial charge in [-0.25, -0.2) is 4.39 Å². The second-order valence-electron chi connectivity index (χ2n) is 4.68. The number of amides is 1. The monoisotopic (exact) mass is 289 g/mol. The third kappa shape index (κ3) is 3.84. The SMILES string of the molecule is Cc1ccc(NC(=O)C(S)Cc2ccccc2)c(F)c1. The lowest BCUT2D eigenvalue weighted by atomic mass is 10.1. The molecule has 104 valence electrons. The van der Waals surface area contributed by atoms with Gasteiger partial charge in [-0.3, -0.25) is 4.79 Å². The third-order valence-electron chi connectivity index (χ3n) is 2.96. The molecule has 1 unspecified atom stereocenters. The van der Waals surface area contributed by atoms with E-state index in [1.54, 1.807) is 19.1 Å². The van der Waals surface area contributed by atoms with Crippen molar-refractivity contribution in [1.82, 2.24) is 0 Å². The minimum atomic E-state index is -0.516. The first kappa shape index (κ1) is 14.6. The molecule has 0 radical (unpaired) electrons. The quantitative estimate of drug-likeness (QED) is 0.827. The van der Waals surface area contributed by atoms with Crippen LogP contribution in [0.1, 0.15) is 11.1 Å². The molecule has 0 aliphatic carbocycles. The van der Waals surface area contributed by atoms with E-state index in [9.17, 15) is 9.18 Å². The molecule has 2 aromatic carbocycles. The molecule has 20 heavy (non-hydrogen) atoms. The van der Waals surface area contributed by atoms with Crippen LogP contribution in [0.2, 0.25) is 0 Å². The van der Waals surface area contributed by atoms with Crippen molar-refractivity contribution < 1.29 is 9.18 Å². The number of hydrogen-bond donors (Lipinski definition) is 2. The fourth-order valence-electron chi connectivity index (χ4n) is 1.87. The smallest absolute Gasteiger partial charge is 0.237 e. The first-order chi connectivity index (χ1) is 9.56. The largest absolute Gasteiger partial charge is 0.323 e. The molecule has 1 N–H and O–H groups in total. The molecule has 1 atom stereocenters. The van der Waals surface area contributed by atoms with E-state index < -0.39 is 11.1 Å². The molecule has 2 rings (SSSR count). The number of halogens is 1. The summed E-state index contributed by atoms with van der Waals surface area (Å²) in [4.78, 5) is 12.0. The first-order valence-corrected chi connectivity index (χ1v) is 6.87. The Hall–Kier alpha value is -1.81. The molecule has 2 aromatic rings. The highest BCUT2D eigenvalue weighted by molar-refractivity contribution is 7.81. The van der Waals surface area contributed by atoms with Crippen LogP contribution >= 0.6 is 12.6 Å². The molecule has 0 aliphatic heterocycles. The normalized spacial score (nSPS) is 11.9. The molecular formula is C16H16FNOS. The Morgan fingerprint density at radius 2 is 1.95 bits per heavy atom. The highest BCUT2D eigenvalue weighted by Crippen LogP contribution is 2.17. The average Bonchev–Trinajstić information content (AvgIpc) is 2.43. The number of anilines is 1. The average molecular weight is 289 g/mol. The lowest BCUT2D eigenvalue weighted by molar-refractivity contribution is -0.115. The van der Waals surface area contributed by atoms with Gasteiger partial charge in [0.15, 0.2) is 0 Å². The van der Waals surface area contributed by atoms with Crippen LogP contribution in [0.3, 0.4) is 0 Å².